The Hall–Kier alpha value is -3.66. The average Bonchev–Trinajstić information content (AvgIpc) is 3.53. The third-order valence-corrected chi connectivity index (χ3v) is 7.72. The molecule has 1 aromatic carbocycles. The molecule has 3 atom stereocenters. The molecule has 2 amide bonds. The van der Waals surface area contributed by atoms with Crippen LogP contribution in [-0.4, -0.2) is 74.3 Å². The molecule has 4 heterocycles. The number of hydrogen-bond acceptors (Lipinski definition) is 6. The van der Waals surface area contributed by atoms with Crippen LogP contribution in [0.5, 0.6) is 0 Å². The Kier molecular flexibility index (Phi) is 7.25. The van der Waals surface area contributed by atoms with Gasteiger partial charge in [0.15, 0.2) is 5.82 Å². The predicted octanol–water partition coefficient (Wildman–Crippen LogP) is 3.00. The van der Waals surface area contributed by atoms with Gasteiger partial charge in [-0.15, -0.1) is 5.10 Å². The zero-order valence-electron chi connectivity index (χ0n) is 22.3. The van der Waals surface area contributed by atoms with Gasteiger partial charge in [-0.1, -0.05) is 12.1 Å². The van der Waals surface area contributed by atoms with Crippen LogP contribution in [0, 0.1) is 38.4 Å². The molecule has 2 saturated heterocycles. The van der Waals surface area contributed by atoms with E-state index in [1.165, 1.54) is 19.1 Å². The maximum atomic E-state index is 13.8. The van der Waals surface area contributed by atoms with Crippen molar-refractivity contribution in [2.24, 2.45) is 11.8 Å². The average molecular weight is 520 g/mol. The van der Waals surface area contributed by atoms with Crippen LogP contribution in [0.15, 0.2) is 36.4 Å². The number of hydrogen-bond donors (Lipinski definition) is 1. The summed E-state index contributed by atoms with van der Waals surface area (Å²) in [5, 5.41) is 15.9. The van der Waals surface area contributed by atoms with Gasteiger partial charge in [0, 0.05) is 39.6 Å². The van der Waals surface area contributed by atoms with Crippen molar-refractivity contribution in [1.82, 2.24) is 35.1 Å². The van der Waals surface area contributed by atoms with E-state index in [4.69, 9.17) is 0 Å². The molecule has 2 unspecified atom stereocenters. The lowest BCUT2D eigenvalue weighted by Gasteiger charge is -2.24. The molecule has 0 saturated carbocycles. The Labute approximate surface area is 222 Å². The Morgan fingerprint density at radius 3 is 2.42 bits per heavy atom. The van der Waals surface area contributed by atoms with Gasteiger partial charge in [0.25, 0.3) is 5.91 Å². The van der Waals surface area contributed by atoms with Gasteiger partial charge in [0.1, 0.15) is 5.82 Å². The number of likely N-dealkylation sites (tertiary alicyclic amines) is 2. The van der Waals surface area contributed by atoms with Crippen LogP contribution in [0.25, 0.3) is 5.82 Å². The molecule has 9 nitrogen and oxygen atoms in total. The predicted molar refractivity (Wildman–Crippen MR) is 140 cm³/mol. The minimum Gasteiger partial charge on any atom is -0.349 e. The molecule has 3 aromatic rings. The van der Waals surface area contributed by atoms with Gasteiger partial charge in [-0.25, -0.2) is 9.07 Å². The van der Waals surface area contributed by atoms with Gasteiger partial charge in [-0.3, -0.25) is 9.59 Å². The van der Waals surface area contributed by atoms with Crippen LogP contribution in [0.3, 0.4) is 0 Å². The molecule has 0 radical (unpaired) electrons. The quantitative estimate of drug-likeness (QED) is 0.516. The van der Waals surface area contributed by atoms with Crippen LogP contribution >= 0.6 is 0 Å². The monoisotopic (exact) mass is 519 g/mol. The molecule has 0 aliphatic carbocycles. The first-order chi connectivity index (χ1) is 18.2. The first kappa shape index (κ1) is 26.0. The number of rotatable bonds is 7. The Balaban J connectivity index is 1.20. The van der Waals surface area contributed by atoms with E-state index in [-0.39, 0.29) is 23.7 Å². The fourth-order valence-electron chi connectivity index (χ4n) is 5.88. The molecule has 2 aliphatic heterocycles. The van der Waals surface area contributed by atoms with E-state index in [2.05, 4.69) is 25.5 Å². The molecule has 0 bridgehead atoms. The fourth-order valence-corrected chi connectivity index (χ4v) is 5.88. The molecule has 1 N–H and O–H groups in total. The van der Waals surface area contributed by atoms with Crippen LogP contribution in [0.2, 0.25) is 0 Å². The highest BCUT2D eigenvalue weighted by molar-refractivity contribution is 5.96. The van der Waals surface area contributed by atoms with Gasteiger partial charge in [0.2, 0.25) is 5.91 Å². The van der Waals surface area contributed by atoms with E-state index in [1.54, 1.807) is 10.7 Å². The molecule has 38 heavy (non-hydrogen) atoms. The number of aromatic nitrogens is 4. The van der Waals surface area contributed by atoms with E-state index in [0.29, 0.717) is 48.4 Å². The van der Waals surface area contributed by atoms with Gasteiger partial charge in [0.05, 0.1) is 28.7 Å². The SMILES string of the molecule is CC(=O)N[C@@H](CCN1CC2CN(C(=O)c3c(C)nn(-c4ccc(C)nn4)c3C)CC2C1)c1cccc(F)c1. The Bertz CT molecular complexity index is 1330. The summed E-state index contributed by atoms with van der Waals surface area (Å²) in [5.74, 6) is 0.997. The number of nitrogens with one attached hydrogen (secondary N) is 1. The van der Waals surface area contributed by atoms with E-state index < -0.39 is 0 Å². The molecular formula is C28H34FN7O2. The number of carbonyl (C=O) groups is 2. The van der Waals surface area contributed by atoms with Crippen LogP contribution in [-0.2, 0) is 4.79 Å². The van der Waals surface area contributed by atoms with Crippen LogP contribution in [0.4, 0.5) is 4.39 Å². The van der Waals surface area contributed by atoms with Crippen molar-refractivity contribution in [2.75, 3.05) is 32.7 Å². The fraction of sp³-hybridized carbons (Fsp3) is 0.464. The van der Waals surface area contributed by atoms with Crippen LogP contribution in [0.1, 0.15) is 52.4 Å². The van der Waals surface area contributed by atoms with E-state index in [1.807, 2.05) is 43.9 Å². The second-order valence-electron chi connectivity index (χ2n) is 10.6. The van der Waals surface area contributed by atoms with Crippen molar-refractivity contribution in [1.29, 1.82) is 0 Å². The molecular weight excluding hydrogens is 485 g/mol. The zero-order valence-corrected chi connectivity index (χ0v) is 22.3. The number of carbonyl (C=O) groups excluding carboxylic acids is 2. The number of aryl methyl sites for hydroxylation is 2. The third-order valence-electron chi connectivity index (χ3n) is 7.72. The van der Waals surface area contributed by atoms with Gasteiger partial charge >= 0.3 is 0 Å². The van der Waals surface area contributed by atoms with Crippen molar-refractivity contribution in [3.05, 3.63) is 70.4 Å². The highest BCUT2D eigenvalue weighted by atomic mass is 19.1. The number of nitrogens with zero attached hydrogens (tertiary/aromatic N) is 6. The summed E-state index contributed by atoms with van der Waals surface area (Å²) in [6.07, 6.45) is 0.699. The molecule has 0 spiro atoms. The first-order valence-electron chi connectivity index (χ1n) is 13.1. The topological polar surface area (TPSA) is 96.2 Å². The molecule has 10 heteroatoms. The summed E-state index contributed by atoms with van der Waals surface area (Å²) >= 11 is 0. The van der Waals surface area contributed by atoms with E-state index in [9.17, 15) is 14.0 Å². The summed E-state index contributed by atoms with van der Waals surface area (Å²) < 4.78 is 15.5. The largest absolute Gasteiger partial charge is 0.349 e. The number of amides is 2. The summed E-state index contributed by atoms with van der Waals surface area (Å²) in [5.41, 5.74) is 3.70. The Morgan fingerprint density at radius 1 is 1.05 bits per heavy atom. The van der Waals surface area contributed by atoms with E-state index in [0.717, 1.165) is 36.6 Å². The lowest BCUT2D eigenvalue weighted by molar-refractivity contribution is -0.119. The van der Waals surface area contributed by atoms with Crippen molar-refractivity contribution >= 4 is 11.8 Å². The van der Waals surface area contributed by atoms with Crippen molar-refractivity contribution < 1.29 is 14.0 Å². The van der Waals surface area contributed by atoms with Crippen molar-refractivity contribution in [3.8, 4) is 5.82 Å². The zero-order chi connectivity index (χ0) is 27.0. The smallest absolute Gasteiger partial charge is 0.257 e. The van der Waals surface area contributed by atoms with Crippen molar-refractivity contribution in [2.45, 2.75) is 40.2 Å². The standard InChI is InChI=1S/C28H34FN7O2/c1-17-8-9-26(32-31-17)36-19(3)27(18(2)33-36)28(38)35-15-22-13-34(14-23(22)16-35)11-10-25(30-20(4)37)21-6-5-7-24(29)12-21/h5-9,12,22-23,25H,10-11,13-16H2,1-4H3,(H,30,37)/t22?,23?,25-/m0/s1. The number of fused-ring (bicyclic) bond motifs is 1. The van der Waals surface area contributed by atoms with E-state index >= 15 is 0 Å². The summed E-state index contributed by atoms with van der Waals surface area (Å²) in [7, 11) is 0. The molecule has 5 rings (SSSR count). The highest BCUT2D eigenvalue weighted by Crippen LogP contribution is 2.33. The molecule has 2 aromatic heterocycles. The highest BCUT2D eigenvalue weighted by Gasteiger charge is 2.42. The summed E-state index contributed by atoms with van der Waals surface area (Å²) in [4.78, 5) is 29.7. The summed E-state index contributed by atoms with van der Waals surface area (Å²) in [6.45, 7) is 11.2. The molecule has 2 fully saturated rings. The van der Waals surface area contributed by atoms with Gasteiger partial charge in [-0.05, 0) is 68.9 Å². The minimum absolute atomic E-state index is 0.0177. The molecule has 200 valence electrons. The minimum atomic E-state index is -0.305. The lowest BCUT2D eigenvalue weighted by atomic mass is 10.0. The van der Waals surface area contributed by atoms with Crippen molar-refractivity contribution in [3.63, 3.8) is 0 Å². The maximum absolute atomic E-state index is 13.8. The third kappa shape index (κ3) is 5.31. The maximum Gasteiger partial charge on any atom is 0.257 e. The number of halogens is 1. The van der Waals surface area contributed by atoms with Crippen LogP contribution < -0.4 is 5.32 Å². The van der Waals surface area contributed by atoms with Gasteiger partial charge in [-0.2, -0.15) is 10.2 Å². The first-order valence-corrected chi connectivity index (χ1v) is 13.1. The molecule has 2 aliphatic rings. The second-order valence-corrected chi connectivity index (χ2v) is 10.6. The second kappa shape index (κ2) is 10.6. The normalized spacial score (nSPS) is 20.0. The number of benzene rings is 1. The lowest BCUT2D eigenvalue weighted by Crippen LogP contribution is -2.35. The Morgan fingerprint density at radius 2 is 1.79 bits per heavy atom. The van der Waals surface area contributed by atoms with Gasteiger partial charge < -0.3 is 15.1 Å². The summed E-state index contributed by atoms with van der Waals surface area (Å²) in [6, 6.07) is 9.92.